The van der Waals surface area contributed by atoms with Gasteiger partial charge in [-0.25, -0.2) is 18.4 Å². The van der Waals surface area contributed by atoms with Gasteiger partial charge in [-0.2, -0.15) is 5.10 Å². The summed E-state index contributed by atoms with van der Waals surface area (Å²) < 4.78 is 24.3. The van der Waals surface area contributed by atoms with E-state index < -0.39 is 16.1 Å². The summed E-state index contributed by atoms with van der Waals surface area (Å²) in [5.41, 5.74) is 0.200. The Morgan fingerprint density at radius 2 is 2.17 bits per heavy atom. The van der Waals surface area contributed by atoms with E-state index in [1.165, 1.54) is 4.90 Å². The van der Waals surface area contributed by atoms with Crippen LogP contribution in [-0.2, 0) is 16.6 Å². The first-order valence-electron chi connectivity index (χ1n) is 7.58. The summed E-state index contributed by atoms with van der Waals surface area (Å²) in [6.45, 7) is 6.67. The maximum Gasteiger partial charge on any atom is 0.407 e. The van der Waals surface area contributed by atoms with Crippen LogP contribution in [0.2, 0.25) is 0 Å². The van der Waals surface area contributed by atoms with Crippen molar-refractivity contribution in [1.29, 1.82) is 0 Å². The predicted octanol–water partition coefficient (Wildman–Crippen LogP) is 1.40. The van der Waals surface area contributed by atoms with Gasteiger partial charge in [0, 0.05) is 30.4 Å². The van der Waals surface area contributed by atoms with Crippen LogP contribution in [0.5, 0.6) is 0 Å². The maximum absolute atomic E-state index is 11.4. The molecule has 0 saturated carbocycles. The molecule has 2 heterocycles. The van der Waals surface area contributed by atoms with Crippen molar-refractivity contribution in [2.45, 2.75) is 57.1 Å². The average molecular weight is 344 g/mol. The molecule has 2 rings (SSSR count). The van der Waals surface area contributed by atoms with E-state index in [1.807, 2.05) is 13.8 Å². The quantitative estimate of drug-likeness (QED) is 0.837. The largest absolute Gasteiger partial charge is 0.465 e. The summed E-state index contributed by atoms with van der Waals surface area (Å²) in [6, 6.07) is 0. The fraction of sp³-hybridized carbons (Fsp3) is 0.714. The second kappa shape index (κ2) is 6.12. The van der Waals surface area contributed by atoms with Crippen LogP contribution in [-0.4, -0.2) is 46.4 Å². The summed E-state index contributed by atoms with van der Waals surface area (Å²) in [7, 11) is -3.79. The van der Waals surface area contributed by atoms with E-state index in [4.69, 9.17) is 5.14 Å². The van der Waals surface area contributed by atoms with Crippen LogP contribution in [0.15, 0.2) is 11.2 Å². The predicted molar refractivity (Wildman–Crippen MR) is 84.5 cm³/mol. The third-order valence-corrected chi connectivity index (χ3v) is 5.30. The molecule has 1 aliphatic heterocycles. The van der Waals surface area contributed by atoms with Gasteiger partial charge in [0.15, 0.2) is 5.03 Å². The highest BCUT2D eigenvalue weighted by Crippen LogP contribution is 2.34. The molecule has 23 heavy (non-hydrogen) atoms. The Kier molecular flexibility index (Phi) is 4.72. The number of likely N-dealkylation sites (tertiary alicyclic amines) is 1. The van der Waals surface area contributed by atoms with Gasteiger partial charge in [-0.3, -0.25) is 4.68 Å². The zero-order valence-electron chi connectivity index (χ0n) is 13.7. The summed E-state index contributed by atoms with van der Waals surface area (Å²) in [6.07, 6.45) is 3.30. The minimum atomic E-state index is -3.79. The molecule has 0 aromatic carbocycles. The highest BCUT2D eigenvalue weighted by molar-refractivity contribution is 7.89. The molecule has 0 radical (unpaired) electrons. The van der Waals surface area contributed by atoms with Crippen LogP contribution in [0.4, 0.5) is 4.79 Å². The molecule has 1 fully saturated rings. The summed E-state index contributed by atoms with van der Waals surface area (Å²) >= 11 is 0. The molecule has 1 amide bonds. The van der Waals surface area contributed by atoms with Crippen LogP contribution >= 0.6 is 0 Å². The smallest absolute Gasteiger partial charge is 0.407 e. The summed E-state index contributed by atoms with van der Waals surface area (Å²) in [4.78, 5) is 12.7. The van der Waals surface area contributed by atoms with Crippen molar-refractivity contribution in [2.75, 3.05) is 6.54 Å². The first-order valence-corrected chi connectivity index (χ1v) is 9.13. The average Bonchev–Trinajstić information content (AvgIpc) is 2.89. The fourth-order valence-electron chi connectivity index (χ4n) is 3.36. The molecule has 1 aliphatic rings. The lowest BCUT2D eigenvalue weighted by molar-refractivity contribution is 0.117. The maximum atomic E-state index is 11.4. The van der Waals surface area contributed by atoms with Crippen molar-refractivity contribution in [3.63, 3.8) is 0 Å². The number of rotatable bonds is 5. The standard InChI is InChI=1S/C14H24N4O4S/c1-10-8-17(16-12(10)23(15,21)22)6-4-5-11-7-14(2,3)18(9-11)13(19)20/h8,11H,4-7,9H2,1-3H3,(H,19,20)(H2,15,21,22). The van der Waals surface area contributed by atoms with Gasteiger partial charge >= 0.3 is 6.09 Å². The first kappa shape index (κ1) is 17.7. The van der Waals surface area contributed by atoms with Gasteiger partial charge in [0.25, 0.3) is 10.0 Å². The lowest BCUT2D eigenvalue weighted by Gasteiger charge is -2.28. The molecule has 130 valence electrons. The van der Waals surface area contributed by atoms with Crippen molar-refractivity contribution in [3.05, 3.63) is 11.8 Å². The number of carbonyl (C=O) groups is 1. The first-order chi connectivity index (χ1) is 10.5. The van der Waals surface area contributed by atoms with Crippen LogP contribution in [0.1, 0.15) is 38.7 Å². The third kappa shape index (κ3) is 4.03. The zero-order valence-corrected chi connectivity index (χ0v) is 14.5. The summed E-state index contributed by atoms with van der Waals surface area (Å²) in [5.74, 6) is 0.315. The number of hydrogen-bond acceptors (Lipinski definition) is 4. The van der Waals surface area contributed by atoms with Crippen LogP contribution < -0.4 is 5.14 Å². The van der Waals surface area contributed by atoms with E-state index in [1.54, 1.807) is 17.8 Å². The Labute approximate surface area is 136 Å². The number of nitrogens with two attached hydrogens (primary N) is 1. The molecule has 1 aromatic heterocycles. The summed E-state index contributed by atoms with van der Waals surface area (Å²) in [5, 5.41) is 18.3. The number of sulfonamides is 1. The normalized spacial score (nSPS) is 20.9. The number of aromatic nitrogens is 2. The molecule has 1 saturated heterocycles. The van der Waals surface area contributed by atoms with E-state index in [0.29, 0.717) is 24.6 Å². The molecule has 1 unspecified atom stereocenters. The van der Waals surface area contributed by atoms with Crippen LogP contribution in [0.3, 0.4) is 0 Å². The number of primary sulfonamides is 1. The Morgan fingerprint density at radius 3 is 2.65 bits per heavy atom. The number of hydrogen-bond donors (Lipinski definition) is 2. The lowest BCUT2D eigenvalue weighted by Crippen LogP contribution is -2.41. The van der Waals surface area contributed by atoms with Crippen molar-refractivity contribution in [1.82, 2.24) is 14.7 Å². The molecular weight excluding hydrogens is 320 g/mol. The Morgan fingerprint density at radius 1 is 1.52 bits per heavy atom. The van der Waals surface area contributed by atoms with Gasteiger partial charge in [-0.05, 0) is 46.0 Å². The molecule has 0 aliphatic carbocycles. The number of nitrogens with zero attached hydrogens (tertiary/aromatic N) is 3. The van der Waals surface area contributed by atoms with Gasteiger partial charge in [0.05, 0.1) is 0 Å². The minimum Gasteiger partial charge on any atom is -0.465 e. The zero-order chi connectivity index (χ0) is 17.4. The Bertz CT molecular complexity index is 696. The van der Waals surface area contributed by atoms with Crippen LogP contribution in [0.25, 0.3) is 0 Å². The van der Waals surface area contributed by atoms with E-state index in [9.17, 15) is 18.3 Å². The lowest BCUT2D eigenvalue weighted by atomic mass is 9.93. The van der Waals surface area contributed by atoms with E-state index in [0.717, 1.165) is 19.3 Å². The van der Waals surface area contributed by atoms with E-state index in [-0.39, 0.29) is 10.6 Å². The molecule has 3 N–H and O–H groups in total. The third-order valence-electron chi connectivity index (χ3n) is 4.36. The van der Waals surface area contributed by atoms with Gasteiger partial charge in [0.1, 0.15) is 0 Å². The SMILES string of the molecule is Cc1cn(CCCC2CN(C(=O)O)C(C)(C)C2)nc1S(N)(=O)=O. The highest BCUT2D eigenvalue weighted by Gasteiger charge is 2.40. The molecule has 1 aromatic rings. The van der Waals surface area contributed by atoms with Gasteiger partial charge in [-0.1, -0.05) is 0 Å². The highest BCUT2D eigenvalue weighted by atomic mass is 32.2. The van der Waals surface area contributed by atoms with Crippen molar-refractivity contribution >= 4 is 16.1 Å². The molecule has 1 atom stereocenters. The van der Waals surface area contributed by atoms with Crippen LogP contribution in [0, 0.1) is 12.8 Å². The van der Waals surface area contributed by atoms with Gasteiger partial charge in [-0.15, -0.1) is 0 Å². The molecule has 8 nitrogen and oxygen atoms in total. The topological polar surface area (TPSA) is 119 Å². The van der Waals surface area contributed by atoms with E-state index in [2.05, 4.69) is 5.10 Å². The van der Waals surface area contributed by atoms with Crippen molar-refractivity contribution in [2.24, 2.45) is 11.1 Å². The second-order valence-electron chi connectivity index (χ2n) is 6.84. The monoisotopic (exact) mass is 344 g/mol. The second-order valence-corrected chi connectivity index (χ2v) is 8.32. The van der Waals surface area contributed by atoms with Crippen molar-refractivity contribution < 1.29 is 18.3 Å². The van der Waals surface area contributed by atoms with Gasteiger partial charge < -0.3 is 10.0 Å². The van der Waals surface area contributed by atoms with E-state index >= 15 is 0 Å². The molecule has 0 bridgehead atoms. The molecular formula is C14H24N4O4S. The van der Waals surface area contributed by atoms with Gasteiger partial charge in [0.2, 0.25) is 0 Å². The fourth-order valence-corrected chi connectivity index (χ4v) is 4.08. The molecule has 9 heteroatoms. The number of carboxylic acid groups (broad SMARTS) is 1. The number of aryl methyl sites for hydroxylation is 2. The minimum absolute atomic E-state index is 0.0865. The Balaban J connectivity index is 1.91. The Hall–Kier alpha value is -1.61. The molecule has 0 spiro atoms. The van der Waals surface area contributed by atoms with Crippen molar-refractivity contribution in [3.8, 4) is 0 Å². The number of amides is 1.